The predicted octanol–water partition coefficient (Wildman–Crippen LogP) is 0.355. The van der Waals surface area contributed by atoms with Crippen molar-refractivity contribution in [1.82, 2.24) is 0 Å². The van der Waals surface area contributed by atoms with Crippen molar-refractivity contribution in [2.75, 3.05) is 6.61 Å². The Kier molecular flexibility index (Phi) is 9.81. The third-order valence-electron chi connectivity index (χ3n) is 0.453. The summed E-state index contributed by atoms with van der Waals surface area (Å²) in [7, 11) is 0. The predicted molar refractivity (Wildman–Crippen MR) is 32.6 cm³/mol. The SMILES string of the molecule is C=CC(=O)OCC.[Pb]. The zero-order valence-corrected chi connectivity index (χ0v) is 8.70. The summed E-state index contributed by atoms with van der Waals surface area (Å²) in [5.74, 6) is -0.359. The molecule has 0 aromatic rings. The number of carbonyl (C=O) groups excluding carboxylic acids is 1. The molecule has 0 aliphatic carbocycles. The first-order valence-corrected chi connectivity index (χ1v) is 2.10. The monoisotopic (exact) mass is 308 g/mol. The molecular formula is C5H8O2Pb. The van der Waals surface area contributed by atoms with Crippen LogP contribution >= 0.6 is 0 Å². The number of hydrogen-bond acceptors (Lipinski definition) is 2. The smallest absolute Gasteiger partial charge is 0.330 e. The number of hydrogen-bond donors (Lipinski definition) is 0. The van der Waals surface area contributed by atoms with Gasteiger partial charge in [0, 0.05) is 33.4 Å². The molecule has 0 bridgehead atoms. The molecule has 0 unspecified atom stereocenters. The van der Waals surface area contributed by atoms with Gasteiger partial charge in [-0.3, -0.25) is 0 Å². The molecule has 0 rings (SSSR count). The van der Waals surface area contributed by atoms with Gasteiger partial charge in [0.1, 0.15) is 0 Å². The second-order valence-corrected chi connectivity index (χ2v) is 0.956. The van der Waals surface area contributed by atoms with Crippen molar-refractivity contribution in [3.63, 3.8) is 0 Å². The van der Waals surface area contributed by atoms with E-state index in [-0.39, 0.29) is 33.3 Å². The maximum Gasteiger partial charge on any atom is 0.330 e. The molecule has 8 heavy (non-hydrogen) atoms. The second-order valence-electron chi connectivity index (χ2n) is 0.956. The summed E-state index contributed by atoms with van der Waals surface area (Å²) in [6.07, 6.45) is 1.14. The molecule has 2 nitrogen and oxygen atoms in total. The average Bonchev–Trinajstić information content (AvgIpc) is 1.68. The normalized spacial score (nSPS) is 6.62. The van der Waals surface area contributed by atoms with Gasteiger partial charge in [0.2, 0.25) is 0 Å². The number of rotatable bonds is 2. The van der Waals surface area contributed by atoms with Crippen LogP contribution in [0.3, 0.4) is 0 Å². The third kappa shape index (κ3) is 6.13. The van der Waals surface area contributed by atoms with Gasteiger partial charge in [0.25, 0.3) is 0 Å². The number of ether oxygens (including phenoxy) is 1. The third-order valence-corrected chi connectivity index (χ3v) is 0.453. The fourth-order valence-electron chi connectivity index (χ4n) is 0.201. The minimum Gasteiger partial charge on any atom is -0.463 e. The standard InChI is InChI=1S/C5H8O2.Pb/c1-3-5(6)7-4-2;/h3H,1,4H2,2H3;. The molecule has 0 N–H and O–H groups in total. The van der Waals surface area contributed by atoms with E-state index < -0.39 is 0 Å². The van der Waals surface area contributed by atoms with E-state index >= 15 is 0 Å². The maximum absolute atomic E-state index is 10.1. The van der Waals surface area contributed by atoms with Crippen LogP contribution in [0.4, 0.5) is 0 Å². The van der Waals surface area contributed by atoms with Crippen molar-refractivity contribution in [1.29, 1.82) is 0 Å². The summed E-state index contributed by atoms with van der Waals surface area (Å²) in [5.41, 5.74) is 0. The van der Waals surface area contributed by atoms with Crippen LogP contribution in [0.5, 0.6) is 0 Å². The molecule has 3 heteroatoms. The van der Waals surface area contributed by atoms with Crippen LogP contribution < -0.4 is 0 Å². The van der Waals surface area contributed by atoms with Gasteiger partial charge in [-0.2, -0.15) is 0 Å². The molecule has 4 radical (unpaired) electrons. The van der Waals surface area contributed by atoms with E-state index in [0.29, 0.717) is 6.61 Å². The van der Waals surface area contributed by atoms with E-state index in [1.54, 1.807) is 6.92 Å². The van der Waals surface area contributed by atoms with Gasteiger partial charge in [0.05, 0.1) is 6.61 Å². The van der Waals surface area contributed by atoms with Gasteiger partial charge in [0.15, 0.2) is 0 Å². The van der Waals surface area contributed by atoms with Crippen molar-refractivity contribution in [2.45, 2.75) is 6.92 Å². The molecule has 0 saturated carbocycles. The first kappa shape index (κ1) is 11.0. The maximum atomic E-state index is 10.1. The van der Waals surface area contributed by atoms with E-state index in [0.717, 1.165) is 6.08 Å². The molecule has 0 fully saturated rings. The molecule has 0 saturated heterocycles. The Morgan fingerprint density at radius 1 is 1.88 bits per heavy atom. The van der Waals surface area contributed by atoms with Crippen LogP contribution in [0.2, 0.25) is 0 Å². The number of carbonyl (C=O) groups is 1. The fourth-order valence-corrected chi connectivity index (χ4v) is 0.201. The zero-order valence-electron chi connectivity index (χ0n) is 4.81. The molecule has 0 aliphatic heterocycles. The van der Waals surface area contributed by atoms with E-state index in [9.17, 15) is 4.79 Å². The molecule has 0 aliphatic rings. The van der Waals surface area contributed by atoms with E-state index in [1.807, 2.05) is 0 Å². The summed E-state index contributed by atoms with van der Waals surface area (Å²) in [6.45, 7) is 5.38. The van der Waals surface area contributed by atoms with Gasteiger partial charge in [-0.05, 0) is 6.92 Å². The molecule has 0 heterocycles. The topological polar surface area (TPSA) is 26.3 Å². The van der Waals surface area contributed by atoms with Crippen molar-refractivity contribution in [2.24, 2.45) is 0 Å². The van der Waals surface area contributed by atoms with Crippen LogP contribution in [0.1, 0.15) is 6.92 Å². The summed E-state index contributed by atoms with van der Waals surface area (Å²) in [5, 5.41) is 0. The minimum absolute atomic E-state index is 0. The molecule has 0 spiro atoms. The van der Waals surface area contributed by atoms with Crippen LogP contribution in [0.15, 0.2) is 12.7 Å². The average molecular weight is 307 g/mol. The van der Waals surface area contributed by atoms with Crippen molar-refractivity contribution in [3.05, 3.63) is 12.7 Å². The summed E-state index contributed by atoms with van der Waals surface area (Å²) in [6, 6.07) is 0. The first-order chi connectivity index (χ1) is 3.31. The van der Waals surface area contributed by atoms with E-state index in [2.05, 4.69) is 11.3 Å². The fraction of sp³-hybridized carbons (Fsp3) is 0.400. The van der Waals surface area contributed by atoms with Crippen LogP contribution in [-0.4, -0.2) is 39.9 Å². The van der Waals surface area contributed by atoms with Crippen LogP contribution in [0.25, 0.3) is 0 Å². The Morgan fingerprint density at radius 3 is 2.50 bits per heavy atom. The van der Waals surface area contributed by atoms with Gasteiger partial charge in [-0.1, -0.05) is 6.58 Å². The van der Waals surface area contributed by atoms with Crippen LogP contribution in [0, 0.1) is 0 Å². The molecule has 0 atom stereocenters. The zero-order chi connectivity index (χ0) is 5.70. The Labute approximate surface area is 69.1 Å². The van der Waals surface area contributed by atoms with Gasteiger partial charge in [-0.25, -0.2) is 4.79 Å². The van der Waals surface area contributed by atoms with Crippen LogP contribution in [-0.2, 0) is 9.53 Å². The molecule has 0 amide bonds. The Hall–Kier alpha value is 0.132. The largest absolute Gasteiger partial charge is 0.463 e. The molecule has 44 valence electrons. The van der Waals surface area contributed by atoms with Gasteiger partial charge in [-0.15, -0.1) is 0 Å². The Balaban J connectivity index is 0. The Bertz CT molecular complexity index is 80.5. The molecular weight excluding hydrogens is 299 g/mol. The Morgan fingerprint density at radius 2 is 2.38 bits per heavy atom. The quantitative estimate of drug-likeness (QED) is 0.418. The van der Waals surface area contributed by atoms with E-state index in [4.69, 9.17) is 0 Å². The molecule has 0 aromatic carbocycles. The van der Waals surface area contributed by atoms with Crippen molar-refractivity contribution < 1.29 is 9.53 Å². The number of esters is 1. The summed E-state index contributed by atoms with van der Waals surface area (Å²) < 4.78 is 4.43. The first-order valence-electron chi connectivity index (χ1n) is 2.10. The van der Waals surface area contributed by atoms with Gasteiger partial charge >= 0.3 is 5.97 Å². The summed E-state index contributed by atoms with van der Waals surface area (Å²) in [4.78, 5) is 10.1. The van der Waals surface area contributed by atoms with E-state index in [1.165, 1.54) is 0 Å². The summed E-state index contributed by atoms with van der Waals surface area (Å²) >= 11 is 0. The van der Waals surface area contributed by atoms with Crippen molar-refractivity contribution in [3.8, 4) is 0 Å². The second kappa shape index (κ2) is 7.13. The molecule has 0 aromatic heterocycles. The van der Waals surface area contributed by atoms with Gasteiger partial charge < -0.3 is 4.74 Å². The van der Waals surface area contributed by atoms with Crippen molar-refractivity contribution >= 4 is 33.3 Å². The minimum atomic E-state index is -0.359.